The number of furan rings is 1. The number of likely N-dealkylation sites (N-methyl/N-ethyl adjacent to an activating group) is 1. The lowest BCUT2D eigenvalue weighted by Gasteiger charge is -2.20. The van der Waals surface area contributed by atoms with Crippen molar-refractivity contribution in [3.8, 4) is 5.75 Å². The Kier molecular flexibility index (Phi) is 7.61. The summed E-state index contributed by atoms with van der Waals surface area (Å²) in [6.07, 6.45) is 1.58. The van der Waals surface area contributed by atoms with E-state index in [1.807, 2.05) is 6.07 Å². The first-order valence-electron chi connectivity index (χ1n) is 9.00. The third-order valence-electron chi connectivity index (χ3n) is 4.21. The number of sulfonamides is 1. The number of anilines is 1. The molecular formula is C19H27N3O5S. The van der Waals surface area contributed by atoms with Gasteiger partial charge in [-0.15, -0.1) is 0 Å². The van der Waals surface area contributed by atoms with E-state index in [2.05, 4.69) is 5.32 Å². The standard InChI is InChI=1S/C19H27N3O5S/c1-5-22(6-2)28(24,25)16-9-10-18(26-4)17(12-16)20-19(23)14-21(3)13-15-8-7-11-27-15/h7-12H,5-6,13-14H2,1-4H3,(H,20,23). The molecular weight excluding hydrogens is 382 g/mol. The Labute approximate surface area is 166 Å². The van der Waals surface area contributed by atoms with E-state index in [4.69, 9.17) is 9.15 Å². The third kappa shape index (κ3) is 5.34. The van der Waals surface area contributed by atoms with Crippen LogP contribution in [0.2, 0.25) is 0 Å². The van der Waals surface area contributed by atoms with Crippen molar-refractivity contribution >= 4 is 21.6 Å². The van der Waals surface area contributed by atoms with Gasteiger partial charge in [-0.2, -0.15) is 4.31 Å². The van der Waals surface area contributed by atoms with Crippen LogP contribution in [0.25, 0.3) is 0 Å². The largest absolute Gasteiger partial charge is 0.495 e. The number of nitrogens with one attached hydrogen (secondary N) is 1. The highest BCUT2D eigenvalue weighted by Gasteiger charge is 2.23. The summed E-state index contributed by atoms with van der Waals surface area (Å²) in [5, 5.41) is 2.74. The molecule has 1 N–H and O–H groups in total. The number of carbonyl (C=O) groups excluding carboxylic acids is 1. The molecule has 8 nitrogen and oxygen atoms in total. The van der Waals surface area contributed by atoms with E-state index in [9.17, 15) is 13.2 Å². The van der Waals surface area contributed by atoms with Crippen LogP contribution >= 0.6 is 0 Å². The van der Waals surface area contributed by atoms with Gasteiger partial charge in [0, 0.05) is 13.1 Å². The van der Waals surface area contributed by atoms with Gasteiger partial charge >= 0.3 is 0 Å². The second kappa shape index (κ2) is 9.72. The monoisotopic (exact) mass is 409 g/mol. The smallest absolute Gasteiger partial charge is 0.243 e. The normalized spacial score (nSPS) is 11.8. The Bertz CT molecular complexity index is 877. The molecule has 0 aliphatic carbocycles. The summed E-state index contributed by atoms with van der Waals surface area (Å²) in [7, 11) is -0.381. The zero-order valence-corrected chi connectivity index (χ0v) is 17.5. The molecule has 1 aromatic carbocycles. The molecule has 0 bridgehead atoms. The Balaban J connectivity index is 2.16. The number of hydrogen-bond donors (Lipinski definition) is 1. The number of methoxy groups -OCH3 is 1. The molecule has 2 rings (SSSR count). The molecule has 0 unspecified atom stereocenters. The number of amides is 1. The Morgan fingerprint density at radius 3 is 2.50 bits per heavy atom. The van der Waals surface area contributed by atoms with Gasteiger partial charge in [0.15, 0.2) is 0 Å². The van der Waals surface area contributed by atoms with Crippen LogP contribution in [0.4, 0.5) is 5.69 Å². The molecule has 0 aliphatic heterocycles. The first kappa shape index (κ1) is 21.9. The van der Waals surface area contributed by atoms with Crippen molar-refractivity contribution in [3.05, 3.63) is 42.4 Å². The molecule has 0 saturated heterocycles. The van der Waals surface area contributed by atoms with Crippen molar-refractivity contribution in [1.82, 2.24) is 9.21 Å². The van der Waals surface area contributed by atoms with Crippen molar-refractivity contribution in [2.75, 3.05) is 39.1 Å². The molecule has 0 fully saturated rings. The molecule has 1 aromatic heterocycles. The van der Waals surface area contributed by atoms with Gasteiger partial charge in [0.25, 0.3) is 0 Å². The average Bonchev–Trinajstić information content (AvgIpc) is 3.15. The number of carbonyl (C=O) groups is 1. The minimum Gasteiger partial charge on any atom is -0.495 e. The summed E-state index contributed by atoms with van der Waals surface area (Å²) in [6.45, 7) is 4.88. The summed E-state index contributed by atoms with van der Waals surface area (Å²) in [5.74, 6) is 0.852. The van der Waals surface area contributed by atoms with Crippen molar-refractivity contribution in [2.24, 2.45) is 0 Å². The molecule has 1 heterocycles. The quantitative estimate of drug-likeness (QED) is 0.648. The molecule has 28 heavy (non-hydrogen) atoms. The lowest BCUT2D eigenvalue weighted by Crippen LogP contribution is -2.31. The molecule has 0 radical (unpaired) electrons. The SMILES string of the molecule is CCN(CC)S(=O)(=O)c1ccc(OC)c(NC(=O)CN(C)Cc2ccco2)c1. The highest BCUT2D eigenvalue weighted by molar-refractivity contribution is 7.89. The van der Waals surface area contributed by atoms with Gasteiger partial charge in [0.05, 0.1) is 37.0 Å². The zero-order valence-electron chi connectivity index (χ0n) is 16.6. The fraction of sp³-hybridized carbons (Fsp3) is 0.421. The van der Waals surface area contributed by atoms with Crippen LogP contribution in [0.5, 0.6) is 5.75 Å². The minimum atomic E-state index is -3.64. The van der Waals surface area contributed by atoms with Crippen molar-refractivity contribution < 1.29 is 22.4 Å². The maximum Gasteiger partial charge on any atom is 0.243 e. The van der Waals surface area contributed by atoms with E-state index >= 15 is 0 Å². The highest BCUT2D eigenvalue weighted by atomic mass is 32.2. The zero-order chi connectivity index (χ0) is 20.7. The molecule has 0 saturated carbocycles. The first-order chi connectivity index (χ1) is 13.3. The maximum atomic E-state index is 12.7. The highest BCUT2D eigenvalue weighted by Crippen LogP contribution is 2.29. The van der Waals surface area contributed by atoms with Crippen LogP contribution in [-0.2, 0) is 21.4 Å². The fourth-order valence-corrected chi connectivity index (χ4v) is 4.30. The van der Waals surface area contributed by atoms with Crippen LogP contribution in [0, 0.1) is 0 Å². The molecule has 0 atom stereocenters. The topological polar surface area (TPSA) is 92.1 Å². The predicted molar refractivity (Wildman–Crippen MR) is 107 cm³/mol. The van der Waals surface area contributed by atoms with E-state index in [-0.39, 0.29) is 17.3 Å². The number of hydrogen-bond acceptors (Lipinski definition) is 6. The number of benzene rings is 1. The Morgan fingerprint density at radius 1 is 1.21 bits per heavy atom. The van der Waals surface area contributed by atoms with Gasteiger partial charge in [0.1, 0.15) is 11.5 Å². The van der Waals surface area contributed by atoms with Gasteiger partial charge in [-0.25, -0.2) is 8.42 Å². The van der Waals surface area contributed by atoms with Crippen LogP contribution in [0.3, 0.4) is 0 Å². The summed E-state index contributed by atoms with van der Waals surface area (Å²) in [6, 6.07) is 8.07. The molecule has 9 heteroatoms. The Morgan fingerprint density at radius 2 is 1.93 bits per heavy atom. The lowest BCUT2D eigenvalue weighted by molar-refractivity contribution is -0.117. The van der Waals surface area contributed by atoms with Crippen LogP contribution in [0.15, 0.2) is 45.9 Å². The van der Waals surface area contributed by atoms with Crippen LogP contribution in [0.1, 0.15) is 19.6 Å². The van der Waals surface area contributed by atoms with Crippen molar-refractivity contribution in [2.45, 2.75) is 25.3 Å². The van der Waals surface area contributed by atoms with E-state index in [0.29, 0.717) is 31.1 Å². The summed E-state index contributed by atoms with van der Waals surface area (Å²) >= 11 is 0. The van der Waals surface area contributed by atoms with Gasteiger partial charge in [-0.05, 0) is 37.4 Å². The average molecular weight is 410 g/mol. The van der Waals surface area contributed by atoms with Gasteiger partial charge < -0.3 is 14.5 Å². The van der Waals surface area contributed by atoms with E-state index in [1.165, 1.54) is 23.5 Å². The second-order valence-electron chi connectivity index (χ2n) is 6.25. The fourth-order valence-electron chi connectivity index (χ4n) is 2.82. The van der Waals surface area contributed by atoms with Gasteiger partial charge in [0.2, 0.25) is 15.9 Å². The predicted octanol–water partition coefficient (Wildman–Crippen LogP) is 2.39. The first-order valence-corrected chi connectivity index (χ1v) is 10.4. The molecule has 2 aromatic rings. The Hall–Kier alpha value is -2.36. The summed E-state index contributed by atoms with van der Waals surface area (Å²) in [4.78, 5) is 14.3. The minimum absolute atomic E-state index is 0.108. The molecule has 1 amide bonds. The number of ether oxygens (including phenoxy) is 1. The summed E-state index contributed by atoms with van der Waals surface area (Å²) in [5.41, 5.74) is 0.312. The van der Waals surface area contributed by atoms with Gasteiger partial charge in [-0.1, -0.05) is 13.8 Å². The molecule has 0 spiro atoms. The van der Waals surface area contributed by atoms with Crippen LogP contribution in [-0.4, -0.2) is 57.3 Å². The summed E-state index contributed by atoms with van der Waals surface area (Å²) < 4.78 is 37.4. The van der Waals surface area contributed by atoms with Gasteiger partial charge in [-0.3, -0.25) is 9.69 Å². The van der Waals surface area contributed by atoms with Crippen molar-refractivity contribution in [1.29, 1.82) is 0 Å². The number of nitrogens with zero attached hydrogens (tertiary/aromatic N) is 2. The van der Waals surface area contributed by atoms with E-state index in [0.717, 1.165) is 5.76 Å². The maximum absolute atomic E-state index is 12.7. The molecule has 154 valence electrons. The van der Waals surface area contributed by atoms with E-state index < -0.39 is 10.0 Å². The third-order valence-corrected chi connectivity index (χ3v) is 6.25. The van der Waals surface area contributed by atoms with Crippen molar-refractivity contribution in [3.63, 3.8) is 0 Å². The lowest BCUT2D eigenvalue weighted by atomic mass is 10.3. The second-order valence-corrected chi connectivity index (χ2v) is 8.19. The number of rotatable bonds is 10. The van der Waals surface area contributed by atoms with Crippen LogP contribution < -0.4 is 10.1 Å². The van der Waals surface area contributed by atoms with E-state index in [1.54, 1.807) is 44.2 Å². The molecule has 0 aliphatic rings.